The van der Waals surface area contributed by atoms with Gasteiger partial charge in [-0.2, -0.15) is 0 Å². The molecular weight excluding hydrogens is 458 g/mol. The molecule has 1 saturated carbocycles. The van der Waals surface area contributed by atoms with Crippen LogP contribution in [0.4, 0.5) is 14.5 Å². The number of benzene rings is 1. The summed E-state index contributed by atoms with van der Waals surface area (Å²) in [5, 5.41) is 20.8. The van der Waals surface area contributed by atoms with Crippen LogP contribution in [0.1, 0.15) is 47.0 Å². The first-order chi connectivity index (χ1) is 16.8. The Hall–Kier alpha value is -3.34. The second kappa shape index (κ2) is 9.37. The molecular formula is C25H24F2N4O4. The standard InChI is InChI=1S/C25H24F2N4O4/c26-15-2-1-3-16(27)21(15)25-30-11-17(28)22(31-25)18(32)8-13-10-29-7-6-14(13)20-9-19(33)23(34)24(35-20)12-4-5-12/h1-3,6-7,10-12,19-20,23-24,33-34H,4-5,8-9,28H2/t19-,20-,23+,24-/m0/s1. The molecule has 1 aliphatic heterocycles. The van der Waals surface area contributed by atoms with E-state index in [2.05, 4.69) is 15.0 Å². The predicted molar refractivity (Wildman–Crippen MR) is 121 cm³/mol. The molecule has 0 bridgehead atoms. The van der Waals surface area contributed by atoms with Crippen molar-refractivity contribution in [3.63, 3.8) is 0 Å². The summed E-state index contributed by atoms with van der Waals surface area (Å²) in [5.74, 6) is -2.30. The first-order valence-corrected chi connectivity index (χ1v) is 11.4. The minimum absolute atomic E-state index is 0.0257. The number of carbonyl (C=O) groups is 1. The molecule has 1 aromatic carbocycles. The largest absolute Gasteiger partial charge is 0.396 e. The van der Waals surface area contributed by atoms with E-state index in [9.17, 15) is 23.8 Å². The van der Waals surface area contributed by atoms with E-state index in [1.807, 2.05) is 0 Å². The number of pyridine rings is 1. The van der Waals surface area contributed by atoms with Gasteiger partial charge in [-0.15, -0.1) is 0 Å². The number of nitrogens with two attached hydrogens (primary N) is 1. The van der Waals surface area contributed by atoms with Crippen molar-refractivity contribution < 1.29 is 28.5 Å². The lowest BCUT2D eigenvalue weighted by Gasteiger charge is -2.38. The second-order valence-electron chi connectivity index (χ2n) is 8.99. The molecule has 35 heavy (non-hydrogen) atoms. The summed E-state index contributed by atoms with van der Waals surface area (Å²) in [5.41, 5.74) is 6.50. The van der Waals surface area contributed by atoms with Crippen molar-refractivity contribution in [2.45, 2.75) is 50.1 Å². The highest BCUT2D eigenvalue weighted by Gasteiger charge is 2.45. The van der Waals surface area contributed by atoms with Crippen LogP contribution in [-0.2, 0) is 11.2 Å². The van der Waals surface area contributed by atoms with E-state index in [1.54, 1.807) is 12.3 Å². The van der Waals surface area contributed by atoms with Crippen LogP contribution in [0.5, 0.6) is 0 Å². The summed E-state index contributed by atoms with van der Waals surface area (Å²) >= 11 is 0. The summed E-state index contributed by atoms with van der Waals surface area (Å²) in [6.07, 6.45) is 3.19. The highest BCUT2D eigenvalue weighted by atomic mass is 19.1. The lowest BCUT2D eigenvalue weighted by molar-refractivity contribution is -0.177. The minimum Gasteiger partial charge on any atom is -0.396 e. The van der Waals surface area contributed by atoms with Crippen LogP contribution in [0.3, 0.4) is 0 Å². The van der Waals surface area contributed by atoms with Gasteiger partial charge in [0.2, 0.25) is 0 Å². The summed E-state index contributed by atoms with van der Waals surface area (Å²) in [6, 6.07) is 5.08. The van der Waals surface area contributed by atoms with Gasteiger partial charge in [-0.1, -0.05) is 6.07 Å². The number of hydrogen-bond donors (Lipinski definition) is 3. The molecule has 5 rings (SSSR count). The number of aliphatic hydroxyl groups excluding tert-OH is 2. The molecule has 0 radical (unpaired) electrons. The zero-order valence-corrected chi connectivity index (χ0v) is 18.6. The van der Waals surface area contributed by atoms with Crippen LogP contribution >= 0.6 is 0 Å². The normalized spacial score (nSPS) is 24.3. The molecule has 0 amide bonds. The van der Waals surface area contributed by atoms with Crippen LogP contribution < -0.4 is 5.73 Å². The molecule has 0 spiro atoms. The van der Waals surface area contributed by atoms with E-state index in [4.69, 9.17) is 10.5 Å². The number of hydrogen-bond acceptors (Lipinski definition) is 8. The molecule has 4 atom stereocenters. The molecule has 3 aromatic rings. The van der Waals surface area contributed by atoms with E-state index in [-0.39, 0.29) is 36.0 Å². The van der Waals surface area contributed by atoms with Gasteiger partial charge in [-0.05, 0) is 48.1 Å². The lowest BCUT2D eigenvalue weighted by atomic mass is 9.89. The minimum atomic E-state index is -0.955. The quantitative estimate of drug-likeness (QED) is 0.457. The molecule has 2 aromatic heterocycles. The van der Waals surface area contributed by atoms with Gasteiger partial charge in [0.05, 0.1) is 35.8 Å². The maximum atomic E-state index is 14.2. The summed E-state index contributed by atoms with van der Waals surface area (Å²) < 4.78 is 34.6. The number of anilines is 1. The van der Waals surface area contributed by atoms with Crippen LogP contribution in [0.25, 0.3) is 11.4 Å². The maximum absolute atomic E-state index is 14.2. The van der Waals surface area contributed by atoms with Gasteiger partial charge in [0, 0.05) is 25.2 Å². The third-order valence-electron chi connectivity index (χ3n) is 6.50. The zero-order chi connectivity index (χ0) is 24.7. The Balaban J connectivity index is 1.43. The first kappa shape index (κ1) is 23.4. The number of ether oxygens (including phenoxy) is 1. The fourth-order valence-corrected chi connectivity index (χ4v) is 4.52. The molecule has 1 aliphatic carbocycles. The highest BCUT2D eigenvalue weighted by Crippen LogP contribution is 2.43. The lowest BCUT2D eigenvalue weighted by Crippen LogP contribution is -2.46. The molecule has 2 fully saturated rings. The number of nitrogens with zero attached hydrogens (tertiary/aromatic N) is 3. The average molecular weight is 482 g/mol. The zero-order valence-electron chi connectivity index (χ0n) is 18.6. The Labute approximate surface area is 199 Å². The maximum Gasteiger partial charge on any atom is 0.187 e. The van der Waals surface area contributed by atoms with Gasteiger partial charge in [-0.3, -0.25) is 9.78 Å². The van der Waals surface area contributed by atoms with Gasteiger partial charge in [0.1, 0.15) is 23.4 Å². The van der Waals surface area contributed by atoms with Gasteiger partial charge < -0.3 is 20.7 Å². The van der Waals surface area contributed by atoms with Gasteiger partial charge >= 0.3 is 0 Å². The number of nitrogen functional groups attached to an aromatic ring is 1. The van der Waals surface area contributed by atoms with Crippen LogP contribution in [-0.4, -0.2) is 49.3 Å². The third kappa shape index (κ3) is 4.64. The van der Waals surface area contributed by atoms with Crippen molar-refractivity contribution in [3.05, 3.63) is 71.3 Å². The summed E-state index contributed by atoms with van der Waals surface area (Å²) in [7, 11) is 0. The van der Waals surface area contributed by atoms with Crippen LogP contribution in [0.15, 0.2) is 42.9 Å². The van der Waals surface area contributed by atoms with Crippen LogP contribution in [0, 0.1) is 17.6 Å². The van der Waals surface area contributed by atoms with Crippen molar-refractivity contribution in [1.82, 2.24) is 15.0 Å². The number of aromatic nitrogens is 3. The Morgan fingerprint density at radius 2 is 1.89 bits per heavy atom. The Kier molecular flexibility index (Phi) is 6.26. The van der Waals surface area contributed by atoms with Gasteiger partial charge in [0.25, 0.3) is 0 Å². The molecule has 2 aliphatic rings. The van der Waals surface area contributed by atoms with Gasteiger partial charge in [-0.25, -0.2) is 18.7 Å². The van der Waals surface area contributed by atoms with Crippen molar-refractivity contribution >= 4 is 11.5 Å². The van der Waals surface area contributed by atoms with Crippen molar-refractivity contribution in [3.8, 4) is 11.4 Å². The average Bonchev–Trinajstić information content (AvgIpc) is 3.67. The second-order valence-corrected chi connectivity index (χ2v) is 8.99. The number of Topliss-reactive ketones (excluding diaryl/α,β-unsaturated/α-hetero) is 1. The number of aliphatic hydroxyl groups is 2. The van der Waals surface area contributed by atoms with Gasteiger partial charge in [0.15, 0.2) is 11.6 Å². The Morgan fingerprint density at radius 1 is 1.14 bits per heavy atom. The topological polar surface area (TPSA) is 131 Å². The molecule has 0 unspecified atom stereocenters. The number of halogens is 2. The van der Waals surface area contributed by atoms with E-state index < -0.39 is 47.4 Å². The van der Waals surface area contributed by atoms with E-state index in [0.717, 1.165) is 31.2 Å². The first-order valence-electron chi connectivity index (χ1n) is 11.4. The summed E-state index contributed by atoms with van der Waals surface area (Å²) in [6.45, 7) is 0. The molecule has 8 nitrogen and oxygen atoms in total. The van der Waals surface area contributed by atoms with Crippen molar-refractivity contribution in [2.75, 3.05) is 5.73 Å². The molecule has 3 heterocycles. The smallest absolute Gasteiger partial charge is 0.187 e. The fourth-order valence-electron chi connectivity index (χ4n) is 4.52. The Morgan fingerprint density at radius 3 is 2.60 bits per heavy atom. The monoisotopic (exact) mass is 482 g/mol. The van der Waals surface area contributed by atoms with E-state index in [1.165, 1.54) is 12.3 Å². The van der Waals surface area contributed by atoms with Crippen LogP contribution in [0.2, 0.25) is 0 Å². The highest BCUT2D eigenvalue weighted by molar-refractivity contribution is 6.00. The third-order valence-corrected chi connectivity index (χ3v) is 6.50. The fraction of sp³-hybridized carbons (Fsp3) is 0.360. The molecule has 4 N–H and O–H groups in total. The number of ketones is 1. The molecule has 182 valence electrons. The molecule has 1 saturated heterocycles. The predicted octanol–water partition coefficient (Wildman–Crippen LogP) is 2.79. The number of rotatable bonds is 6. The van der Waals surface area contributed by atoms with E-state index in [0.29, 0.717) is 11.1 Å². The SMILES string of the molecule is Nc1cnc(-c2c(F)cccc2F)nc1C(=O)Cc1cnccc1[C@@H]1C[C@H](O)[C@@H](O)[C@H](C2CC2)O1. The number of carbonyl (C=O) groups excluding carboxylic acids is 1. The summed E-state index contributed by atoms with van der Waals surface area (Å²) in [4.78, 5) is 25.3. The molecule has 10 heteroatoms. The van der Waals surface area contributed by atoms with Crippen molar-refractivity contribution in [2.24, 2.45) is 5.92 Å². The van der Waals surface area contributed by atoms with Crippen molar-refractivity contribution in [1.29, 1.82) is 0 Å². The van der Waals surface area contributed by atoms with E-state index >= 15 is 0 Å². The Bertz CT molecular complexity index is 1250.